The van der Waals surface area contributed by atoms with Crippen LogP contribution in [0, 0.1) is 6.92 Å². The first kappa shape index (κ1) is 78.8. The maximum Gasteiger partial charge on any atom is 0.433 e. The van der Waals surface area contributed by atoms with Gasteiger partial charge in [0.1, 0.15) is 23.1 Å². The van der Waals surface area contributed by atoms with Crippen molar-refractivity contribution in [2.45, 2.75) is 102 Å². The van der Waals surface area contributed by atoms with Crippen molar-refractivity contribution in [3.63, 3.8) is 0 Å². The summed E-state index contributed by atoms with van der Waals surface area (Å²) in [5.74, 6) is 6.97. The number of alkyl halides is 3. The van der Waals surface area contributed by atoms with Crippen LogP contribution in [-0.4, -0.2) is 220 Å². The predicted molar refractivity (Wildman–Crippen MR) is 452 cm³/mol. The number of fused-ring (bicyclic) bond motifs is 17. The van der Waals surface area contributed by atoms with Crippen LogP contribution >= 0.6 is 0 Å². The number of nitrogens with one attached hydrogen (secondary N) is 4. The van der Waals surface area contributed by atoms with E-state index < -0.39 is 11.9 Å². The smallest absolute Gasteiger partial charge is 0.433 e. The molecule has 0 spiro atoms. The van der Waals surface area contributed by atoms with Crippen LogP contribution in [0.4, 0.5) is 113 Å². The molecule has 20 heterocycles. The highest BCUT2D eigenvalue weighted by atomic mass is 19.4. The molecule has 6 saturated heterocycles. The number of halogens is 3. The Kier molecular flexibility index (Phi) is 22.2. The lowest BCUT2D eigenvalue weighted by atomic mass is 9.99. The van der Waals surface area contributed by atoms with Crippen molar-refractivity contribution in [2.24, 2.45) is 0 Å². The highest BCUT2D eigenvalue weighted by molar-refractivity contribution is 6.07. The van der Waals surface area contributed by atoms with Gasteiger partial charge in [-0.3, -0.25) is 55.5 Å². The number of hydrogen-bond acceptors (Lipinski definition) is 25. The molecule has 121 heavy (non-hydrogen) atoms. The molecule has 4 N–H and O–H groups in total. The number of hydrogen-bond donors (Lipinski definition) is 4. The molecule has 11 aliphatic rings. The van der Waals surface area contributed by atoms with Crippen LogP contribution in [0.25, 0.3) is 22.5 Å². The number of carbonyl (C=O) groups is 4. The summed E-state index contributed by atoms with van der Waals surface area (Å²) in [6, 6.07) is 32.2. The second-order valence-corrected chi connectivity index (χ2v) is 31.2. The number of amides is 8. The third-order valence-electron chi connectivity index (χ3n) is 23.1. The molecule has 6 atom stereocenters. The highest BCUT2D eigenvalue weighted by Crippen LogP contribution is 2.46. The predicted octanol–water partition coefficient (Wildman–Crippen LogP) is 12.3. The SMILES string of the molecule is C[C@@H]1CN(c2ccc3c(n2)N(C(=O)Nc2cnccn2)[C@H]2CCN3C2)CCO1.C[C@H]1CN(c2ccc3c(n2)N(C(=O)Nc2cnccn2)[C@H]2CCN3C2)CCO1.Cc1cc(-c2ccc3c(n2)N(C(=O)Nc2ccc4c(c2)OCCCO4)[C@H]2CCN3C2)ccn1.O=C(Nc1ccccn1)N1c2nc(-c3ccnc(C(F)(F)F)c3)ccc2N2CCC[C@H]1C2. The molecule has 8 amide bonds. The van der Waals surface area contributed by atoms with E-state index in [1.807, 2.05) is 66.4 Å². The Hall–Kier alpha value is -13.4. The number of nitrogens with zero attached hydrogens (tertiary/aromatic N) is 21. The van der Waals surface area contributed by atoms with Gasteiger partial charge in [0.15, 0.2) is 46.4 Å². The minimum absolute atomic E-state index is 0.0832. The fourth-order valence-corrected chi connectivity index (χ4v) is 17.4. The number of ether oxygens (including phenoxy) is 4. The number of pyridine rings is 7. The number of urea groups is 4. The lowest BCUT2D eigenvalue weighted by Gasteiger charge is -2.45. The summed E-state index contributed by atoms with van der Waals surface area (Å²) in [5.41, 5.74) is 6.85. The van der Waals surface area contributed by atoms with E-state index in [2.05, 4.69) is 123 Å². The summed E-state index contributed by atoms with van der Waals surface area (Å²) in [5, 5.41) is 11.6. The van der Waals surface area contributed by atoms with Gasteiger partial charge in [-0.2, -0.15) is 13.2 Å². The first-order valence-corrected chi connectivity index (χ1v) is 40.9. The summed E-state index contributed by atoms with van der Waals surface area (Å²) in [4.78, 5) is 121. The summed E-state index contributed by atoms with van der Waals surface area (Å²) in [7, 11) is 0. The van der Waals surface area contributed by atoms with Gasteiger partial charge in [-0.25, -0.2) is 54.1 Å². The summed E-state index contributed by atoms with van der Waals surface area (Å²) < 4.78 is 62.2. The monoisotopic (exact) mass is 1650 g/mol. The van der Waals surface area contributed by atoms with Crippen LogP contribution in [0.1, 0.15) is 63.8 Å². The summed E-state index contributed by atoms with van der Waals surface area (Å²) in [6.45, 7) is 18.7. The molecule has 0 radical (unpaired) electrons. The number of aryl methyl sites for hydroxylation is 1. The Morgan fingerprint density at radius 2 is 0.876 bits per heavy atom. The van der Waals surface area contributed by atoms with Crippen molar-refractivity contribution in [3.8, 4) is 34.0 Å². The largest absolute Gasteiger partial charge is 0.490 e. The van der Waals surface area contributed by atoms with Gasteiger partial charge in [0, 0.05) is 157 Å². The number of aromatic nitrogens is 11. The molecule has 11 aliphatic heterocycles. The number of carbonyl (C=O) groups excluding carboxylic acids is 4. The van der Waals surface area contributed by atoms with E-state index in [4.69, 9.17) is 33.9 Å². The Bertz CT molecular complexity index is 5320. The standard InChI is InChI=1S/C25H25N5O3.C22H19F3N6O.2C19H23N7O2/c1-16-13-17(7-9-26-16)20-4-5-21-24(28-20)30(19-8-10-29(21)15-19)25(31)27-18-3-6-22-23(14-18)33-12-2-11-32-22;23-22(24,25)18-12-14(8-10-26-18)16-6-7-17-20(28-16)31(15-4-3-11-30(17)13-15)21(32)29-19-5-1-2-9-27-19;2*1-13-11-25(8-9-28-13)17-3-2-15-18(23-17)26(14-4-7-24(15)12-14)19(27)22-16-10-20-5-6-21-16/h3-7,9,13-14,19H,2,8,10-12,15H2,1H3,(H,27,31);1-2,5-10,12,15H,3-4,11,13H2,(H,27,29,32);2*2-3,5-6,10,13-14H,4,7-9,11-12H2,1H3,(H,21,22,27)/t19-;15-;13-,14+;13-,14-/m0010/s1. The van der Waals surface area contributed by atoms with Crippen molar-refractivity contribution in [3.05, 3.63) is 176 Å². The number of piperidine rings is 1. The molecule has 8 bridgehead atoms. The van der Waals surface area contributed by atoms with E-state index in [0.29, 0.717) is 96.6 Å². The first-order chi connectivity index (χ1) is 58.9. The minimum Gasteiger partial charge on any atom is -0.490 e. The van der Waals surface area contributed by atoms with Crippen LogP contribution < -0.4 is 79.7 Å². The Labute approximate surface area is 695 Å². The van der Waals surface area contributed by atoms with E-state index in [9.17, 15) is 32.3 Å². The second-order valence-electron chi connectivity index (χ2n) is 31.2. The molecule has 0 unspecified atom stereocenters. The molecule has 624 valence electrons. The molecule has 36 heteroatoms. The zero-order valence-electron chi connectivity index (χ0n) is 66.9. The zero-order valence-corrected chi connectivity index (χ0v) is 66.9. The molecule has 0 saturated carbocycles. The number of benzene rings is 1. The summed E-state index contributed by atoms with van der Waals surface area (Å²) >= 11 is 0. The van der Waals surface area contributed by atoms with Gasteiger partial charge in [-0.1, -0.05) is 6.07 Å². The molecule has 33 nitrogen and oxygen atoms in total. The van der Waals surface area contributed by atoms with Crippen molar-refractivity contribution in [1.29, 1.82) is 0 Å². The number of anilines is 14. The lowest BCUT2D eigenvalue weighted by molar-refractivity contribution is -0.141. The van der Waals surface area contributed by atoms with E-state index in [0.717, 1.165) is 174 Å². The maximum absolute atomic E-state index is 13.5. The van der Waals surface area contributed by atoms with Gasteiger partial charge in [-0.15, -0.1) is 0 Å². The lowest BCUT2D eigenvalue weighted by Crippen LogP contribution is -2.56. The first-order valence-electron chi connectivity index (χ1n) is 40.9. The van der Waals surface area contributed by atoms with Gasteiger partial charge >= 0.3 is 30.3 Å². The van der Waals surface area contributed by atoms with Crippen molar-refractivity contribution < 1.29 is 51.3 Å². The Balaban J connectivity index is 0.000000111. The quantitative estimate of drug-likeness (QED) is 0.110. The Morgan fingerprint density at radius 3 is 1.37 bits per heavy atom. The van der Waals surface area contributed by atoms with Crippen molar-refractivity contribution in [2.75, 3.05) is 175 Å². The molecule has 9 aromatic heterocycles. The highest BCUT2D eigenvalue weighted by Gasteiger charge is 2.45. The second kappa shape index (κ2) is 34.2. The maximum atomic E-state index is 13.5. The number of morpholine rings is 2. The Morgan fingerprint density at radius 1 is 0.405 bits per heavy atom. The molecule has 10 aromatic rings. The molecule has 1 aromatic carbocycles. The van der Waals surface area contributed by atoms with Crippen molar-refractivity contribution in [1.82, 2.24) is 54.8 Å². The van der Waals surface area contributed by atoms with E-state index in [1.54, 1.807) is 88.5 Å². The van der Waals surface area contributed by atoms with Crippen LogP contribution in [0.3, 0.4) is 0 Å². The van der Waals surface area contributed by atoms with E-state index >= 15 is 0 Å². The third-order valence-corrected chi connectivity index (χ3v) is 23.1. The average molecular weight is 1650 g/mol. The molecular formula is C85H90F3N25O8. The molecular weight excluding hydrogens is 1560 g/mol. The van der Waals surface area contributed by atoms with E-state index in [1.165, 1.54) is 6.07 Å². The van der Waals surface area contributed by atoms with Crippen LogP contribution in [0.15, 0.2) is 165 Å². The summed E-state index contributed by atoms with van der Waals surface area (Å²) in [6.07, 6.45) is 15.0. The fraction of sp³-hybridized carbons (Fsp3) is 0.376. The fourth-order valence-electron chi connectivity index (χ4n) is 17.4. The normalized spacial score (nSPS) is 20.6. The average Bonchev–Trinajstić information content (AvgIpc) is 1.36. The van der Waals surface area contributed by atoms with Crippen LogP contribution in [0.2, 0.25) is 0 Å². The van der Waals surface area contributed by atoms with Gasteiger partial charge in [-0.05, 0) is 150 Å². The van der Waals surface area contributed by atoms with Crippen LogP contribution in [-0.2, 0) is 15.7 Å². The number of rotatable bonds is 8. The molecule has 0 aliphatic carbocycles. The zero-order chi connectivity index (χ0) is 82.8. The van der Waals surface area contributed by atoms with Gasteiger partial charge < -0.3 is 53.7 Å². The van der Waals surface area contributed by atoms with E-state index in [-0.39, 0.29) is 66.1 Å². The topological polar surface area (TPSA) is 328 Å². The van der Waals surface area contributed by atoms with Gasteiger partial charge in [0.2, 0.25) is 0 Å². The van der Waals surface area contributed by atoms with Crippen LogP contribution in [0.5, 0.6) is 11.5 Å². The molecule has 6 fully saturated rings. The minimum atomic E-state index is -4.55. The van der Waals surface area contributed by atoms with Gasteiger partial charge in [0.05, 0.1) is 109 Å². The molecule has 21 rings (SSSR count). The van der Waals surface area contributed by atoms with Crippen molar-refractivity contribution >= 4 is 105 Å². The third kappa shape index (κ3) is 16.9. The van der Waals surface area contributed by atoms with Gasteiger partial charge in [0.25, 0.3) is 0 Å².